The Morgan fingerprint density at radius 3 is 2.47 bits per heavy atom. The van der Waals surface area contributed by atoms with Crippen LogP contribution in [0.4, 0.5) is 4.79 Å². The van der Waals surface area contributed by atoms with Gasteiger partial charge >= 0.3 is 6.09 Å². The van der Waals surface area contributed by atoms with E-state index in [1.165, 1.54) is 6.07 Å². The molecule has 0 spiro atoms. The summed E-state index contributed by atoms with van der Waals surface area (Å²) in [4.78, 5) is 28.0. The van der Waals surface area contributed by atoms with Crippen LogP contribution in [0.15, 0.2) is 102 Å². The number of piperidine rings is 1. The maximum absolute atomic E-state index is 13.9. The van der Waals surface area contributed by atoms with E-state index in [1.807, 2.05) is 54.6 Å². The van der Waals surface area contributed by atoms with Gasteiger partial charge < -0.3 is 15.0 Å². The lowest BCUT2D eigenvalue weighted by atomic mass is 10.0. The van der Waals surface area contributed by atoms with Crippen molar-refractivity contribution in [1.29, 1.82) is 5.26 Å². The average molecular weight is 597 g/mol. The zero-order valence-electron chi connectivity index (χ0n) is 23.5. The smallest absolute Gasteiger partial charge is 0.407 e. The lowest BCUT2D eigenvalue weighted by Gasteiger charge is -2.35. The molecular formula is C33H32N4O5S. The van der Waals surface area contributed by atoms with Crippen molar-refractivity contribution in [3.63, 3.8) is 0 Å². The second kappa shape index (κ2) is 13.5. The molecule has 0 aromatic heterocycles. The maximum atomic E-state index is 13.9. The Morgan fingerprint density at radius 2 is 1.67 bits per heavy atom. The van der Waals surface area contributed by atoms with Crippen molar-refractivity contribution in [2.45, 2.75) is 42.8 Å². The molecular weight excluding hydrogens is 564 g/mol. The molecule has 4 aromatic rings. The molecule has 0 bridgehead atoms. The second-order valence-corrected chi connectivity index (χ2v) is 12.2. The van der Waals surface area contributed by atoms with Crippen LogP contribution in [0.3, 0.4) is 0 Å². The fraction of sp³-hybridized carbons (Fsp3) is 0.242. The van der Waals surface area contributed by atoms with Gasteiger partial charge in [0.2, 0.25) is 15.9 Å². The van der Waals surface area contributed by atoms with Crippen molar-refractivity contribution < 1.29 is 22.7 Å². The number of benzene rings is 4. The molecule has 1 heterocycles. The first kappa shape index (κ1) is 29.8. The second-order valence-electron chi connectivity index (χ2n) is 10.5. The molecule has 1 fully saturated rings. The van der Waals surface area contributed by atoms with E-state index in [0.29, 0.717) is 30.5 Å². The molecule has 9 nitrogen and oxygen atoms in total. The highest BCUT2D eigenvalue weighted by molar-refractivity contribution is 7.89. The van der Waals surface area contributed by atoms with Gasteiger partial charge in [0.15, 0.2) is 0 Å². The van der Waals surface area contributed by atoms with Gasteiger partial charge in [-0.2, -0.15) is 9.98 Å². The van der Waals surface area contributed by atoms with E-state index in [2.05, 4.69) is 16.1 Å². The third-order valence-corrected chi connectivity index (χ3v) is 8.86. The van der Waals surface area contributed by atoms with Crippen LogP contribution in [0, 0.1) is 11.3 Å². The highest BCUT2D eigenvalue weighted by Crippen LogP contribution is 2.21. The molecule has 4 aromatic carbocycles. The molecule has 1 aliphatic rings. The molecule has 0 aliphatic carbocycles. The van der Waals surface area contributed by atoms with Crippen molar-refractivity contribution in [3.05, 3.63) is 114 Å². The van der Waals surface area contributed by atoms with Crippen LogP contribution in [-0.2, 0) is 32.6 Å². The molecule has 2 atom stereocenters. The largest absolute Gasteiger partial charge is 0.445 e. The Balaban J connectivity index is 1.32. The minimum Gasteiger partial charge on any atom is -0.445 e. The number of carbonyl (C=O) groups excluding carboxylic acids is 2. The zero-order chi connectivity index (χ0) is 30.2. The predicted octanol–water partition coefficient (Wildman–Crippen LogP) is 4.52. The number of sulfonamides is 1. The number of fused-ring (bicyclic) bond motifs is 1. The van der Waals surface area contributed by atoms with E-state index in [4.69, 9.17) is 4.74 Å². The third-order valence-electron chi connectivity index (χ3n) is 7.39. The Labute approximate surface area is 251 Å². The molecule has 0 unspecified atom stereocenters. The monoisotopic (exact) mass is 596 g/mol. The molecule has 2 N–H and O–H groups in total. The van der Waals surface area contributed by atoms with E-state index in [0.717, 1.165) is 16.3 Å². The molecule has 220 valence electrons. The van der Waals surface area contributed by atoms with Crippen LogP contribution in [0.2, 0.25) is 0 Å². The standard InChI is InChI=1S/C33H32N4O5S/c34-21-26-11-6-10-25(18-26)19-31(36-43(40,41)30-16-15-27-12-4-5-13-28(27)20-30)32(38)37-17-7-14-29(22-37)35-33(39)42-23-24-8-2-1-3-9-24/h1-6,8-13,15-16,18,20,29,31,36H,7,14,17,19,22-23H2,(H,35,39)/t29-,31+/m1/s1. The molecule has 1 aliphatic heterocycles. The molecule has 0 radical (unpaired) electrons. The van der Waals surface area contributed by atoms with Gasteiger partial charge in [-0.05, 0) is 65.4 Å². The van der Waals surface area contributed by atoms with E-state index in [1.54, 1.807) is 41.3 Å². The van der Waals surface area contributed by atoms with Crippen molar-refractivity contribution >= 4 is 32.8 Å². The number of hydrogen-bond acceptors (Lipinski definition) is 6. The van der Waals surface area contributed by atoms with Gasteiger partial charge in [-0.15, -0.1) is 0 Å². The van der Waals surface area contributed by atoms with Crippen LogP contribution < -0.4 is 10.0 Å². The molecule has 10 heteroatoms. The lowest BCUT2D eigenvalue weighted by Crippen LogP contribution is -2.55. The Hall–Kier alpha value is -4.72. The number of hydrogen-bond donors (Lipinski definition) is 2. The quantitative estimate of drug-likeness (QED) is 0.292. The summed E-state index contributed by atoms with van der Waals surface area (Å²) in [6, 6.07) is 29.0. The third kappa shape index (κ3) is 7.77. The van der Waals surface area contributed by atoms with Gasteiger partial charge in [0.05, 0.1) is 16.5 Å². The Bertz CT molecular complexity index is 1750. The first-order chi connectivity index (χ1) is 20.8. The molecule has 2 amide bonds. The Morgan fingerprint density at radius 1 is 0.930 bits per heavy atom. The van der Waals surface area contributed by atoms with Crippen LogP contribution in [-0.4, -0.2) is 50.5 Å². The summed E-state index contributed by atoms with van der Waals surface area (Å²) < 4.78 is 35.1. The highest BCUT2D eigenvalue weighted by atomic mass is 32.2. The minimum absolute atomic E-state index is 0.0501. The number of ether oxygens (including phenoxy) is 1. The molecule has 0 saturated carbocycles. The topological polar surface area (TPSA) is 129 Å². The van der Waals surface area contributed by atoms with Gasteiger partial charge in [-0.25, -0.2) is 13.2 Å². The van der Waals surface area contributed by atoms with E-state index in [9.17, 15) is 23.3 Å². The van der Waals surface area contributed by atoms with Gasteiger partial charge in [0.25, 0.3) is 0 Å². The number of nitriles is 1. The number of amides is 2. The summed E-state index contributed by atoms with van der Waals surface area (Å²) in [6.45, 7) is 0.761. The normalized spacial score (nSPS) is 15.8. The summed E-state index contributed by atoms with van der Waals surface area (Å²) in [7, 11) is -4.09. The average Bonchev–Trinajstić information content (AvgIpc) is 3.03. The van der Waals surface area contributed by atoms with E-state index >= 15 is 0 Å². The first-order valence-corrected chi connectivity index (χ1v) is 15.6. The highest BCUT2D eigenvalue weighted by Gasteiger charge is 2.33. The van der Waals surface area contributed by atoms with Gasteiger partial charge in [-0.3, -0.25) is 4.79 Å². The summed E-state index contributed by atoms with van der Waals surface area (Å²) in [5.74, 6) is -0.407. The first-order valence-electron chi connectivity index (χ1n) is 14.1. The SMILES string of the molecule is N#Cc1cccc(C[C@H](NS(=O)(=O)c2ccc3ccccc3c2)C(=O)N2CCC[C@@H](NC(=O)OCc3ccccc3)C2)c1. The fourth-order valence-electron chi connectivity index (χ4n) is 5.22. The molecule has 1 saturated heterocycles. The number of carbonyl (C=O) groups is 2. The van der Waals surface area contributed by atoms with Crippen molar-refractivity contribution in [2.75, 3.05) is 13.1 Å². The van der Waals surface area contributed by atoms with Gasteiger partial charge in [-0.1, -0.05) is 72.8 Å². The van der Waals surface area contributed by atoms with Crippen molar-refractivity contribution in [1.82, 2.24) is 14.9 Å². The molecule has 43 heavy (non-hydrogen) atoms. The number of nitrogens with zero attached hydrogens (tertiary/aromatic N) is 2. The maximum Gasteiger partial charge on any atom is 0.407 e. The molecule has 5 rings (SSSR count). The number of rotatable bonds is 9. The predicted molar refractivity (Wildman–Crippen MR) is 162 cm³/mol. The van der Waals surface area contributed by atoms with Crippen molar-refractivity contribution in [3.8, 4) is 6.07 Å². The van der Waals surface area contributed by atoms with Crippen LogP contribution in [0.5, 0.6) is 0 Å². The van der Waals surface area contributed by atoms with Crippen molar-refractivity contribution in [2.24, 2.45) is 0 Å². The zero-order valence-corrected chi connectivity index (χ0v) is 24.3. The summed E-state index contributed by atoms with van der Waals surface area (Å²) >= 11 is 0. The summed E-state index contributed by atoms with van der Waals surface area (Å²) in [5, 5.41) is 13.9. The van der Waals surface area contributed by atoms with Gasteiger partial charge in [0.1, 0.15) is 12.6 Å². The van der Waals surface area contributed by atoms with E-state index < -0.39 is 28.1 Å². The minimum atomic E-state index is -4.09. The van der Waals surface area contributed by atoms with Crippen LogP contribution >= 0.6 is 0 Å². The summed E-state index contributed by atoms with van der Waals surface area (Å²) in [6.07, 6.45) is 0.755. The number of nitrogens with one attached hydrogen (secondary N) is 2. The Kier molecular flexibility index (Phi) is 9.35. The number of alkyl carbamates (subject to hydrolysis) is 1. The van der Waals surface area contributed by atoms with Crippen LogP contribution in [0.25, 0.3) is 10.8 Å². The van der Waals surface area contributed by atoms with E-state index in [-0.39, 0.29) is 30.5 Å². The number of likely N-dealkylation sites (tertiary alicyclic amines) is 1. The lowest BCUT2D eigenvalue weighted by molar-refractivity contribution is -0.134. The van der Waals surface area contributed by atoms with Crippen LogP contribution in [0.1, 0.15) is 29.5 Å². The summed E-state index contributed by atoms with van der Waals surface area (Å²) in [5.41, 5.74) is 1.92. The fourth-order valence-corrected chi connectivity index (χ4v) is 6.44. The van der Waals surface area contributed by atoms with Gasteiger partial charge in [0, 0.05) is 19.1 Å².